The molecule has 4 rings (SSSR count). The highest BCUT2D eigenvalue weighted by Gasteiger charge is 2.41. The third-order valence-corrected chi connectivity index (χ3v) is 9.85. The van der Waals surface area contributed by atoms with Crippen LogP contribution >= 0.6 is 48.0 Å². The van der Waals surface area contributed by atoms with Gasteiger partial charge in [-0.3, -0.25) is 29.0 Å². The standard InChI is InChI=1S/C30H32N4O4S4/c1-31(19-21-11-5-3-6-12-21)23(35)15-9-17-33-27(37)25(41-29(33)39)26-28(38)34(30(40)42-26)18-10-16-24(36)32(2)20-22-13-7-4-8-14-22/h3-8,11-14H,9-10,15-20H2,1-2H3. The van der Waals surface area contributed by atoms with Crippen LogP contribution in [0.25, 0.3) is 0 Å². The van der Waals surface area contributed by atoms with Gasteiger partial charge in [-0.2, -0.15) is 0 Å². The van der Waals surface area contributed by atoms with Gasteiger partial charge in [-0.1, -0.05) is 109 Å². The maximum Gasteiger partial charge on any atom is 0.267 e. The lowest BCUT2D eigenvalue weighted by molar-refractivity contribution is -0.131. The molecular weight excluding hydrogens is 609 g/mol. The van der Waals surface area contributed by atoms with E-state index in [-0.39, 0.29) is 59.4 Å². The maximum atomic E-state index is 13.2. The Bertz CT molecular complexity index is 1300. The second kappa shape index (κ2) is 14.9. The predicted octanol–water partition coefficient (Wildman–Crippen LogP) is 4.80. The van der Waals surface area contributed by atoms with Gasteiger partial charge < -0.3 is 9.80 Å². The number of hydrogen-bond donors (Lipinski definition) is 0. The third kappa shape index (κ3) is 8.06. The Morgan fingerprint density at radius 2 is 1.02 bits per heavy atom. The molecule has 2 aromatic carbocycles. The van der Waals surface area contributed by atoms with Crippen LogP contribution in [0.2, 0.25) is 0 Å². The maximum absolute atomic E-state index is 13.2. The van der Waals surface area contributed by atoms with Crippen LogP contribution in [0.4, 0.5) is 0 Å². The van der Waals surface area contributed by atoms with E-state index >= 15 is 0 Å². The van der Waals surface area contributed by atoms with Gasteiger partial charge in [-0.05, 0) is 24.0 Å². The van der Waals surface area contributed by atoms with E-state index in [4.69, 9.17) is 24.4 Å². The molecule has 12 heteroatoms. The van der Waals surface area contributed by atoms with Crippen molar-refractivity contribution in [3.63, 3.8) is 0 Å². The lowest BCUT2D eigenvalue weighted by Gasteiger charge is -2.19. The molecule has 42 heavy (non-hydrogen) atoms. The normalized spacial score (nSPS) is 16.9. The number of thiocarbonyl (C=S) groups is 2. The van der Waals surface area contributed by atoms with Crippen LogP contribution in [-0.2, 0) is 32.3 Å². The summed E-state index contributed by atoms with van der Waals surface area (Å²) in [6.45, 7) is 1.61. The fraction of sp³-hybridized carbons (Fsp3) is 0.333. The molecule has 2 aliphatic heterocycles. The minimum absolute atomic E-state index is 0.0186. The topological polar surface area (TPSA) is 81.2 Å². The van der Waals surface area contributed by atoms with E-state index in [9.17, 15) is 19.2 Å². The second-order valence-electron chi connectivity index (χ2n) is 9.99. The van der Waals surface area contributed by atoms with Crippen molar-refractivity contribution < 1.29 is 19.2 Å². The van der Waals surface area contributed by atoms with Crippen molar-refractivity contribution in [1.29, 1.82) is 0 Å². The average Bonchev–Trinajstić information content (AvgIpc) is 3.42. The average molecular weight is 641 g/mol. The smallest absolute Gasteiger partial charge is 0.267 e. The summed E-state index contributed by atoms with van der Waals surface area (Å²) in [4.78, 5) is 58.4. The highest BCUT2D eigenvalue weighted by Crippen LogP contribution is 2.42. The molecule has 0 unspecified atom stereocenters. The Kier molecular flexibility index (Phi) is 11.3. The fourth-order valence-electron chi connectivity index (χ4n) is 4.51. The molecular formula is C30H32N4O4S4. The molecule has 2 aliphatic rings. The first-order valence-electron chi connectivity index (χ1n) is 13.5. The zero-order valence-electron chi connectivity index (χ0n) is 23.5. The van der Waals surface area contributed by atoms with E-state index in [1.807, 2.05) is 60.7 Å². The van der Waals surface area contributed by atoms with Gasteiger partial charge in [0, 0.05) is 53.1 Å². The molecule has 0 aliphatic carbocycles. The van der Waals surface area contributed by atoms with Crippen molar-refractivity contribution in [2.45, 2.75) is 38.8 Å². The highest BCUT2D eigenvalue weighted by atomic mass is 32.2. The molecule has 4 amide bonds. The summed E-state index contributed by atoms with van der Waals surface area (Å²) in [5, 5.41) is 0. The van der Waals surface area contributed by atoms with Gasteiger partial charge in [0.15, 0.2) is 0 Å². The summed E-state index contributed by atoms with van der Waals surface area (Å²) in [6, 6.07) is 19.5. The molecule has 2 aromatic rings. The van der Waals surface area contributed by atoms with Gasteiger partial charge in [-0.15, -0.1) is 0 Å². The summed E-state index contributed by atoms with van der Waals surface area (Å²) >= 11 is 13.1. The summed E-state index contributed by atoms with van der Waals surface area (Å²) in [6.07, 6.45) is 1.45. The summed E-state index contributed by atoms with van der Waals surface area (Å²) in [7, 11) is 3.52. The van der Waals surface area contributed by atoms with Crippen molar-refractivity contribution in [1.82, 2.24) is 19.6 Å². The van der Waals surface area contributed by atoms with Crippen molar-refractivity contribution in [3.05, 3.63) is 81.6 Å². The van der Waals surface area contributed by atoms with Crippen molar-refractivity contribution in [2.24, 2.45) is 0 Å². The Labute approximate surface area is 265 Å². The molecule has 0 saturated carbocycles. The van der Waals surface area contributed by atoms with Gasteiger partial charge in [0.05, 0.1) is 9.81 Å². The molecule has 2 fully saturated rings. The van der Waals surface area contributed by atoms with E-state index < -0.39 is 0 Å². The summed E-state index contributed by atoms with van der Waals surface area (Å²) in [5.41, 5.74) is 2.09. The Balaban J connectivity index is 1.26. The molecule has 0 aromatic heterocycles. The van der Waals surface area contributed by atoms with Gasteiger partial charge in [-0.25, -0.2) is 0 Å². The molecule has 0 radical (unpaired) electrons. The number of carbonyl (C=O) groups excluding carboxylic acids is 4. The number of thioether (sulfide) groups is 2. The zero-order valence-corrected chi connectivity index (χ0v) is 26.8. The first kappa shape index (κ1) is 31.9. The SMILES string of the molecule is CN(Cc1ccccc1)C(=O)CCCN1C(=O)C(=C2SC(=S)N(CCCC(=O)N(C)Cc3ccccc3)C2=O)SC1=S. The number of carbonyl (C=O) groups is 4. The number of amides is 4. The van der Waals surface area contributed by atoms with Crippen LogP contribution in [0.3, 0.4) is 0 Å². The van der Waals surface area contributed by atoms with Crippen LogP contribution < -0.4 is 0 Å². The zero-order chi connectivity index (χ0) is 30.2. The van der Waals surface area contributed by atoms with E-state index in [2.05, 4.69) is 0 Å². The molecule has 0 spiro atoms. The molecule has 0 atom stereocenters. The largest absolute Gasteiger partial charge is 0.341 e. The minimum Gasteiger partial charge on any atom is -0.341 e. The van der Waals surface area contributed by atoms with Crippen molar-refractivity contribution in [2.75, 3.05) is 27.2 Å². The molecule has 0 N–H and O–H groups in total. The first-order valence-corrected chi connectivity index (χ1v) is 16.0. The Morgan fingerprint density at radius 1 is 0.667 bits per heavy atom. The van der Waals surface area contributed by atoms with Crippen LogP contribution in [0, 0.1) is 0 Å². The van der Waals surface area contributed by atoms with E-state index in [0.717, 1.165) is 34.7 Å². The molecule has 8 nitrogen and oxygen atoms in total. The monoisotopic (exact) mass is 640 g/mol. The molecule has 220 valence electrons. The van der Waals surface area contributed by atoms with Crippen LogP contribution in [0.1, 0.15) is 36.8 Å². The third-order valence-electron chi connectivity index (χ3n) is 6.83. The molecule has 0 bridgehead atoms. The lowest BCUT2D eigenvalue weighted by Crippen LogP contribution is -2.32. The van der Waals surface area contributed by atoms with Crippen LogP contribution in [-0.4, -0.2) is 79.1 Å². The fourth-order valence-corrected chi connectivity index (χ4v) is 7.28. The summed E-state index contributed by atoms with van der Waals surface area (Å²) in [5.74, 6) is -0.716. The van der Waals surface area contributed by atoms with Gasteiger partial charge >= 0.3 is 0 Å². The van der Waals surface area contributed by atoms with Gasteiger partial charge in [0.25, 0.3) is 11.8 Å². The number of nitrogens with zero attached hydrogens (tertiary/aromatic N) is 4. The van der Waals surface area contributed by atoms with E-state index in [1.165, 1.54) is 9.80 Å². The van der Waals surface area contributed by atoms with E-state index in [0.29, 0.717) is 34.6 Å². The lowest BCUT2D eigenvalue weighted by atomic mass is 10.2. The minimum atomic E-state index is -0.340. The molecule has 2 heterocycles. The quantitative estimate of drug-likeness (QED) is 0.242. The Hall–Kier alpha value is -3.06. The number of benzene rings is 2. The second-order valence-corrected chi connectivity index (χ2v) is 13.3. The van der Waals surface area contributed by atoms with Crippen LogP contribution in [0.5, 0.6) is 0 Å². The van der Waals surface area contributed by atoms with Crippen molar-refractivity contribution >= 4 is 80.2 Å². The molecule has 2 saturated heterocycles. The van der Waals surface area contributed by atoms with E-state index in [1.54, 1.807) is 23.9 Å². The Morgan fingerprint density at radius 3 is 1.38 bits per heavy atom. The highest BCUT2D eigenvalue weighted by molar-refractivity contribution is 8.29. The van der Waals surface area contributed by atoms with Crippen molar-refractivity contribution in [3.8, 4) is 0 Å². The van der Waals surface area contributed by atoms with Gasteiger partial charge in [0.2, 0.25) is 11.8 Å². The summed E-state index contributed by atoms with van der Waals surface area (Å²) < 4.78 is 0.717. The van der Waals surface area contributed by atoms with Gasteiger partial charge in [0.1, 0.15) is 8.64 Å². The number of hydrogen-bond acceptors (Lipinski definition) is 8. The van der Waals surface area contributed by atoms with Crippen LogP contribution in [0.15, 0.2) is 70.5 Å². The number of rotatable bonds is 12. The first-order chi connectivity index (χ1) is 20.2. The predicted molar refractivity (Wildman–Crippen MR) is 175 cm³/mol.